The first kappa shape index (κ1) is 13.3. The standard InChI is InChI=1S/C13H22N2O3/c1-14(10-7-5-3-2-4-6-8-10)13(16)11-9-12(11)15(17)18/h10-12H,2-9H2,1H3/t11-,12+/m0/s1. The molecule has 0 aromatic heterocycles. The lowest BCUT2D eigenvalue weighted by Crippen LogP contribution is -2.39. The van der Waals surface area contributed by atoms with Crippen LogP contribution in [0.15, 0.2) is 0 Å². The summed E-state index contributed by atoms with van der Waals surface area (Å²) in [6.45, 7) is 0. The molecule has 2 atom stereocenters. The Hall–Kier alpha value is -1.13. The van der Waals surface area contributed by atoms with Crippen LogP contribution in [0.25, 0.3) is 0 Å². The molecule has 5 nitrogen and oxygen atoms in total. The van der Waals surface area contributed by atoms with Gasteiger partial charge in [-0.15, -0.1) is 0 Å². The number of carbonyl (C=O) groups excluding carboxylic acids is 1. The van der Waals surface area contributed by atoms with E-state index in [4.69, 9.17) is 0 Å². The lowest BCUT2D eigenvalue weighted by atomic mass is 9.95. The summed E-state index contributed by atoms with van der Waals surface area (Å²) in [7, 11) is 1.82. The summed E-state index contributed by atoms with van der Waals surface area (Å²) >= 11 is 0. The molecule has 0 spiro atoms. The van der Waals surface area contributed by atoms with Crippen LogP contribution in [0.1, 0.15) is 51.4 Å². The number of carbonyl (C=O) groups is 1. The molecule has 0 radical (unpaired) electrons. The predicted molar refractivity (Wildman–Crippen MR) is 67.8 cm³/mol. The van der Waals surface area contributed by atoms with Crippen molar-refractivity contribution in [3.8, 4) is 0 Å². The van der Waals surface area contributed by atoms with Crippen molar-refractivity contribution in [3.63, 3.8) is 0 Å². The predicted octanol–water partition coefficient (Wildman–Crippen LogP) is 2.22. The zero-order valence-corrected chi connectivity index (χ0v) is 11.0. The van der Waals surface area contributed by atoms with E-state index in [-0.39, 0.29) is 16.7 Å². The molecule has 0 unspecified atom stereocenters. The quantitative estimate of drug-likeness (QED) is 0.573. The van der Waals surface area contributed by atoms with Gasteiger partial charge in [-0.05, 0) is 12.8 Å². The van der Waals surface area contributed by atoms with Crippen LogP contribution in [0.4, 0.5) is 0 Å². The van der Waals surface area contributed by atoms with Crippen LogP contribution < -0.4 is 0 Å². The molecule has 0 aromatic rings. The monoisotopic (exact) mass is 254 g/mol. The van der Waals surface area contributed by atoms with Crippen molar-refractivity contribution < 1.29 is 9.72 Å². The maximum atomic E-state index is 12.1. The summed E-state index contributed by atoms with van der Waals surface area (Å²) < 4.78 is 0. The van der Waals surface area contributed by atoms with Gasteiger partial charge in [-0.2, -0.15) is 0 Å². The van der Waals surface area contributed by atoms with E-state index in [1.165, 1.54) is 32.1 Å². The van der Waals surface area contributed by atoms with Gasteiger partial charge in [0.1, 0.15) is 5.92 Å². The highest BCUT2D eigenvalue weighted by Gasteiger charge is 2.54. The van der Waals surface area contributed by atoms with Crippen molar-refractivity contribution in [3.05, 3.63) is 10.1 Å². The van der Waals surface area contributed by atoms with Crippen LogP contribution >= 0.6 is 0 Å². The van der Waals surface area contributed by atoms with E-state index in [2.05, 4.69) is 0 Å². The smallest absolute Gasteiger partial charge is 0.232 e. The van der Waals surface area contributed by atoms with Gasteiger partial charge in [0.25, 0.3) is 0 Å². The number of rotatable bonds is 3. The van der Waals surface area contributed by atoms with Crippen molar-refractivity contribution in [2.75, 3.05) is 7.05 Å². The maximum Gasteiger partial charge on any atom is 0.232 e. The molecule has 0 aliphatic heterocycles. The third-order valence-corrected chi connectivity index (χ3v) is 4.31. The van der Waals surface area contributed by atoms with E-state index in [0.29, 0.717) is 12.5 Å². The SMILES string of the molecule is CN(C(=O)[C@H]1C[C@H]1[N+](=O)[O-])C1CCCCCCC1. The van der Waals surface area contributed by atoms with E-state index < -0.39 is 6.04 Å². The minimum atomic E-state index is -0.617. The van der Waals surface area contributed by atoms with Gasteiger partial charge >= 0.3 is 0 Å². The molecule has 18 heavy (non-hydrogen) atoms. The van der Waals surface area contributed by atoms with Crippen LogP contribution in [0.3, 0.4) is 0 Å². The maximum absolute atomic E-state index is 12.1. The number of nitro groups is 1. The first-order valence-electron chi connectivity index (χ1n) is 7.01. The van der Waals surface area contributed by atoms with Crippen LogP contribution in [0.5, 0.6) is 0 Å². The third-order valence-electron chi connectivity index (χ3n) is 4.31. The second-order valence-corrected chi connectivity index (χ2v) is 5.64. The molecule has 0 heterocycles. The van der Waals surface area contributed by atoms with E-state index in [9.17, 15) is 14.9 Å². The highest BCUT2D eigenvalue weighted by atomic mass is 16.6. The molecule has 0 bridgehead atoms. The molecule has 2 fully saturated rings. The fourth-order valence-electron chi connectivity index (χ4n) is 2.94. The molecular weight excluding hydrogens is 232 g/mol. The Morgan fingerprint density at radius 1 is 1.17 bits per heavy atom. The number of amides is 1. The van der Waals surface area contributed by atoms with Crippen LogP contribution in [0.2, 0.25) is 0 Å². The molecule has 2 aliphatic rings. The van der Waals surface area contributed by atoms with Crippen molar-refractivity contribution >= 4 is 5.91 Å². The summed E-state index contributed by atoms with van der Waals surface area (Å²) in [5, 5.41) is 10.6. The van der Waals surface area contributed by atoms with Crippen LogP contribution in [-0.2, 0) is 4.79 Å². The molecule has 0 N–H and O–H groups in total. The Kier molecular flexibility index (Phi) is 4.19. The fourth-order valence-corrected chi connectivity index (χ4v) is 2.94. The molecule has 0 saturated heterocycles. The molecular formula is C13H22N2O3. The van der Waals surface area contributed by atoms with Gasteiger partial charge in [-0.3, -0.25) is 14.9 Å². The molecule has 5 heteroatoms. The summed E-state index contributed by atoms with van der Waals surface area (Å²) in [6, 6.07) is -0.320. The number of hydrogen-bond acceptors (Lipinski definition) is 3. The van der Waals surface area contributed by atoms with Crippen LogP contribution in [-0.4, -0.2) is 34.9 Å². The topological polar surface area (TPSA) is 63.5 Å². The van der Waals surface area contributed by atoms with Crippen molar-refractivity contribution in [1.29, 1.82) is 0 Å². The average Bonchev–Trinajstić information content (AvgIpc) is 3.06. The summed E-state index contributed by atoms with van der Waals surface area (Å²) in [5.41, 5.74) is 0. The Balaban J connectivity index is 1.87. The van der Waals surface area contributed by atoms with Gasteiger partial charge < -0.3 is 4.90 Å². The Morgan fingerprint density at radius 2 is 1.72 bits per heavy atom. The number of nitrogens with zero attached hydrogens (tertiary/aromatic N) is 2. The molecule has 0 aromatic carbocycles. The zero-order valence-electron chi connectivity index (χ0n) is 11.0. The highest BCUT2D eigenvalue weighted by molar-refractivity contribution is 5.82. The molecule has 2 rings (SSSR count). The molecule has 1 amide bonds. The Labute approximate surface area is 108 Å². The first-order chi connectivity index (χ1) is 8.61. The first-order valence-corrected chi connectivity index (χ1v) is 7.01. The summed E-state index contributed by atoms with van der Waals surface area (Å²) in [6.07, 6.45) is 8.69. The van der Waals surface area contributed by atoms with E-state index in [1.54, 1.807) is 4.90 Å². The van der Waals surface area contributed by atoms with Gasteiger partial charge in [0.15, 0.2) is 0 Å². The summed E-state index contributed by atoms with van der Waals surface area (Å²) in [5.74, 6) is -0.363. The van der Waals surface area contributed by atoms with Gasteiger partial charge in [-0.1, -0.05) is 32.1 Å². The molecule has 102 valence electrons. The van der Waals surface area contributed by atoms with Gasteiger partial charge in [0.05, 0.1) is 0 Å². The number of hydrogen-bond donors (Lipinski definition) is 0. The van der Waals surface area contributed by atoms with E-state index >= 15 is 0 Å². The Morgan fingerprint density at radius 3 is 2.22 bits per heavy atom. The highest BCUT2D eigenvalue weighted by Crippen LogP contribution is 2.35. The van der Waals surface area contributed by atoms with Crippen molar-refractivity contribution in [2.24, 2.45) is 5.92 Å². The van der Waals surface area contributed by atoms with Gasteiger partial charge in [0, 0.05) is 24.4 Å². The minimum Gasteiger partial charge on any atom is -0.342 e. The van der Waals surface area contributed by atoms with Crippen LogP contribution in [0, 0.1) is 16.0 Å². The van der Waals surface area contributed by atoms with E-state index in [1.807, 2.05) is 7.05 Å². The lowest BCUT2D eigenvalue weighted by molar-refractivity contribution is -0.497. The zero-order chi connectivity index (χ0) is 13.1. The second kappa shape index (κ2) is 5.67. The fraction of sp³-hybridized carbons (Fsp3) is 0.923. The lowest BCUT2D eigenvalue weighted by Gasteiger charge is -2.29. The third kappa shape index (κ3) is 3.00. The van der Waals surface area contributed by atoms with Gasteiger partial charge in [-0.25, -0.2) is 0 Å². The molecule has 2 saturated carbocycles. The minimum absolute atomic E-state index is 0.0118. The van der Waals surface area contributed by atoms with Gasteiger partial charge in [0.2, 0.25) is 11.9 Å². The Bertz CT molecular complexity index is 324. The van der Waals surface area contributed by atoms with Crippen molar-refractivity contribution in [1.82, 2.24) is 4.90 Å². The van der Waals surface area contributed by atoms with Crippen molar-refractivity contribution in [2.45, 2.75) is 63.5 Å². The second-order valence-electron chi connectivity index (χ2n) is 5.64. The molecule has 2 aliphatic carbocycles. The normalized spacial score (nSPS) is 29.2. The average molecular weight is 254 g/mol. The van der Waals surface area contributed by atoms with E-state index in [0.717, 1.165) is 12.8 Å². The summed E-state index contributed by atoms with van der Waals surface area (Å²) in [4.78, 5) is 24.2. The largest absolute Gasteiger partial charge is 0.342 e.